The summed E-state index contributed by atoms with van der Waals surface area (Å²) in [5, 5.41) is 11.0. The van der Waals surface area contributed by atoms with Crippen molar-refractivity contribution in [3.63, 3.8) is 0 Å². The summed E-state index contributed by atoms with van der Waals surface area (Å²) in [4.78, 5) is 3.71. The number of nitrogens with zero attached hydrogens (tertiary/aromatic N) is 2. The van der Waals surface area contributed by atoms with Crippen molar-refractivity contribution in [2.75, 3.05) is 13.6 Å². The highest BCUT2D eigenvalue weighted by atomic mass is 32.1. The topological polar surface area (TPSA) is 27.0 Å². The van der Waals surface area contributed by atoms with Crippen LogP contribution < -0.4 is 0 Å². The Labute approximate surface area is 112 Å². The summed E-state index contributed by atoms with van der Waals surface area (Å²) in [6.07, 6.45) is 1.09. The number of hydrogen-bond acceptors (Lipinski definition) is 3. The van der Waals surface area contributed by atoms with Gasteiger partial charge >= 0.3 is 0 Å². The van der Waals surface area contributed by atoms with E-state index in [9.17, 15) is 0 Å². The normalized spacial score (nSPS) is 10.5. The second kappa shape index (κ2) is 6.34. The molecular formula is C15H16N2S. The maximum atomic E-state index is 8.86. The SMILES string of the molecule is CN(CCc1cccs1)Cc1cccc(C#N)c1. The molecule has 18 heavy (non-hydrogen) atoms. The Hall–Kier alpha value is -1.63. The summed E-state index contributed by atoms with van der Waals surface area (Å²) < 4.78 is 0. The lowest BCUT2D eigenvalue weighted by molar-refractivity contribution is 0.332. The molecule has 3 heteroatoms. The molecule has 0 atom stereocenters. The lowest BCUT2D eigenvalue weighted by Gasteiger charge is -2.16. The average molecular weight is 256 g/mol. The fraction of sp³-hybridized carbons (Fsp3) is 0.267. The number of likely N-dealkylation sites (N-methyl/N-ethyl adjacent to an activating group) is 1. The van der Waals surface area contributed by atoms with E-state index >= 15 is 0 Å². The van der Waals surface area contributed by atoms with Gasteiger partial charge in [-0.1, -0.05) is 18.2 Å². The molecule has 0 fully saturated rings. The van der Waals surface area contributed by atoms with Gasteiger partial charge in [0.1, 0.15) is 0 Å². The van der Waals surface area contributed by atoms with Crippen molar-refractivity contribution in [1.82, 2.24) is 4.90 Å². The van der Waals surface area contributed by atoms with Crippen LogP contribution in [0, 0.1) is 11.3 Å². The Balaban J connectivity index is 1.87. The predicted octanol–water partition coefficient (Wildman–Crippen LogP) is 3.29. The van der Waals surface area contributed by atoms with Crippen LogP contribution >= 0.6 is 11.3 Å². The highest BCUT2D eigenvalue weighted by Crippen LogP contribution is 2.11. The number of hydrogen-bond donors (Lipinski definition) is 0. The van der Waals surface area contributed by atoms with E-state index in [0.29, 0.717) is 0 Å². The monoisotopic (exact) mass is 256 g/mol. The van der Waals surface area contributed by atoms with E-state index in [2.05, 4.69) is 41.6 Å². The molecule has 1 heterocycles. The van der Waals surface area contributed by atoms with Crippen LogP contribution in [0.5, 0.6) is 0 Å². The van der Waals surface area contributed by atoms with E-state index in [1.165, 1.54) is 10.4 Å². The largest absolute Gasteiger partial charge is 0.302 e. The molecule has 0 radical (unpaired) electrons. The Kier molecular flexibility index (Phi) is 4.52. The maximum Gasteiger partial charge on any atom is 0.0991 e. The molecule has 0 saturated carbocycles. The Morgan fingerprint density at radius 1 is 1.28 bits per heavy atom. The van der Waals surface area contributed by atoms with Crippen LogP contribution in [0.3, 0.4) is 0 Å². The molecule has 92 valence electrons. The molecule has 1 aromatic carbocycles. The van der Waals surface area contributed by atoms with Gasteiger partial charge in [0.05, 0.1) is 11.6 Å². The highest BCUT2D eigenvalue weighted by molar-refractivity contribution is 7.09. The summed E-state index contributed by atoms with van der Waals surface area (Å²) >= 11 is 1.81. The predicted molar refractivity (Wildman–Crippen MR) is 75.5 cm³/mol. The molecule has 0 aliphatic rings. The first-order chi connectivity index (χ1) is 8.78. The lowest BCUT2D eigenvalue weighted by Crippen LogP contribution is -2.20. The van der Waals surface area contributed by atoms with Gasteiger partial charge < -0.3 is 4.90 Å². The van der Waals surface area contributed by atoms with Crippen molar-refractivity contribution in [1.29, 1.82) is 5.26 Å². The van der Waals surface area contributed by atoms with E-state index in [4.69, 9.17) is 5.26 Å². The summed E-state index contributed by atoms with van der Waals surface area (Å²) in [5.41, 5.74) is 1.93. The van der Waals surface area contributed by atoms with E-state index in [-0.39, 0.29) is 0 Å². The quantitative estimate of drug-likeness (QED) is 0.820. The molecule has 0 saturated heterocycles. The van der Waals surface area contributed by atoms with Crippen molar-refractivity contribution in [3.8, 4) is 6.07 Å². The van der Waals surface area contributed by atoms with E-state index in [1.54, 1.807) is 0 Å². The molecule has 0 amide bonds. The van der Waals surface area contributed by atoms with Gasteiger partial charge in [0, 0.05) is 18.0 Å². The Morgan fingerprint density at radius 3 is 2.89 bits per heavy atom. The molecule has 2 aromatic rings. The maximum absolute atomic E-state index is 8.86. The molecule has 0 N–H and O–H groups in total. The zero-order chi connectivity index (χ0) is 12.8. The third-order valence-corrected chi connectivity index (χ3v) is 3.76. The average Bonchev–Trinajstić information content (AvgIpc) is 2.90. The molecule has 0 aliphatic carbocycles. The number of nitriles is 1. The molecule has 2 rings (SSSR count). The van der Waals surface area contributed by atoms with Crippen molar-refractivity contribution in [3.05, 3.63) is 57.8 Å². The van der Waals surface area contributed by atoms with Crippen LogP contribution in [-0.4, -0.2) is 18.5 Å². The molecule has 2 nitrogen and oxygen atoms in total. The fourth-order valence-corrected chi connectivity index (χ4v) is 2.58. The van der Waals surface area contributed by atoms with Crippen molar-refractivity contribution in [2.24, 2.45) is 0 Å². The number of benzene rings is 1. The minimum atomic E-state index is 0.735. The van der Waals surface area contributed by atoms with Crippen LogP contribution in [0.2, 0.25) is 0 Å². The molecule has 0 bridgehead atoms. The summed E-state index contributed by atoms with van der Waals surface area (Å²) in [7, 11) is 2.12. The number of rotatable bonds is 5. The van der Waals surface area contributed by atoms with Crippen LogP contribution in [-0.2, 0) is 13.0 Å². The van der Waals surface area contributed by atoms with Gasteiger partial charge in [0.15, 0.2) is 0 Å². The van der Waals surface area contributed by atoms with Crippen LogP contribution in [0.1, 0.15) is 16.0 Å². The molecular weight excluding hydrogens is 240 g/mol. The van der Waals surface area contributed by atoms with Crippen molar-refractivity contribution < 1.29 is 0 Å². The first kappa shape index (κ1) is 12.8. The summed E-state index contributed by atoms with van der Waals surface area (Å²) in [6.45, 7) is 1.93. The molecule has 0 spiro atoms. The lowest BCUT2D eigenvalue weighted by atomic mass is 10.1. The minimum Gasteiger partial charge on any atom is -0.302 e. The fourth-order valence-electron chi connectivity index (χ4n) is 1.89. The van der Waals surface area contributed by atoms with E-state index in [1.807, 2.05) is 29.5 Å². The Bertz CT molecular complexity index is 526. The molecule has 0 aliphatic heterocycles. The second-order valence-electron chi connectivity index (χ2n) is 4.38. The van der Waals surface area contributed by atoms with Crippen LogP contribution in [0.15, 0.2) is 41.8 Å². The van der Waals surface area contributed by atoms with Crippen LogP contribution in [0.25, 0.3) is 0 Å². The van der Waals surface area contributed by atoms with Gasteiger partial charge in [0.25, 0.3) is 0 Å². The van der Waals surface area contributed by atoms with Gasteiger partial charge in [-0.25, -0.2) is 0 Å². The summed E-state index contributed by atoms with van der Waals surface area (Å²) in [5.74, 6) is 0. The standard InChI is InChI=1S/C15H16N2S/c1-17(8-7-15-6-3-9-18-15)12-14-5-2-4-13(10-14)11-16/h2-6,9-10H,7-8,12H2,1H3. The van der Waals surface area contributed by atoms with Gasteiger partial charge in [-0.2, -0.15) is 5.26 Å². The summed E-state index contributed by atoms with van der Waals surface area (Å²) in [6, 6.07) is 14.3. The molecule has 1 aromatic heterocycles. The zero-order valence-electron chi connectivity index (χ0n) is 10.5. The van der Waals surface area contributed by atoms with Gasteiger partial charge in [-0.05, 0) is 42.6 Å². The van der Waals surface area contributed by atoms with Crippen molar-refractivity contribution in [2.45, 2.75) is 13.0 Å². The van der Waals surface area contributed by atoms with Gasteiger partial charge in [0.2, 0.25) is 0 Å². The zero-order valence-corrected chi connectivity index (χ0v) is 11.3. The second-order valence-corrected chi connectivity index (χ2v) is 5.41. The smallest absolute Gasteiger partial charge is 0.0991 e. The first-order valence-corrected chi connectivity index (χ1v) is 6.86. The van der Waals surface area contributed by atoms with Crippen molar-refractivity contribution >= 4 is 11.3 Å². The molecule has 0 unspecified atom stereocenters. The van der Waals surface area contributed by atoms with Gasteiger partial charge in [-0.3, -0.25) is 0 Å². The highest BCUT2D eigenvalue weighted by Gasteiger charge is 2.02. The first-order valence-electron chi connectivity index (χ1n) is 5.98. The van der Waals surface area contributed by atoms with Gasteiger partial charge in [-0.15, -0.1) is 11.3 Å². The third kappa shape index (κ3) is 3.69. The third-order valence-electron chi connectivity index (χ3n) is 2.83. The van der Waals surface area contributed by atoms with E-state index in [0.717, 1.165) is 25.1 Å². The minimum absolute atomic E-state index is 0.735. The Morgan fingerprint density at radius 2 is 2.17 bits per heavy atom. The number of thiophene rings is 1. The van der Waals surface area contributed by atoms with E-state index < -0.39 is 0 Å². The van der Waals surface area contributed by atoms with Crippen LogP contribution in [0.4, 0.5) is 0 Å².